The second-order valence-corrected chi connectivity index (χ2v) is 7.26. The Labute approximate surface area is 146 Å². The second kappa shape index (κ2) is 8.13. The zero-order valence-corrected chi connectivity index (χ0v) is 15.2. The molecule has 1 heterocycles. The monoisotopic (exact) mass is 329 g/mol. The molecule has 0 atom stereocenters. The number of hydrogen-bond donors (Lipinski definition) is 1. The van der Waals surface area contributed by atoms with E-state index in [9.17, 15) is 4.79 Å². The van der Waals surface area contributed by atoms with E-state index < -0.39 is 0 Å². The molecule has 1 aromatic rings. The highest BCUT2D eigenvalue weighted by molar-refractivity contribution is 5.93. The van der Waals surface area contributed by atoms with Crippen molar-refractivity contribution in [3.63, 3.8) is 0 Å². The molecular formula is C20H31N3O. The molecule has 2 aliphatic rings. The molecule has 1 saturated heterocycles. The van der Waals surface area contributed by atoms with Crippen LogP contribution in [0.1, 0.15) is 43.7 Å². The van der Waals surface area contributed by atoms with Crippen LogP contribution in [0.5, 0.6) is 0 Å². The lowest BCUT2D eigenvalue weighted by Crippen LogP contribution is -2.51. The summed E-state index contributed by atoms with van der Waals surface area (Å²) in [7, 11) is 0. The van der Waals surface area contributed by atoms with Gasteiger partial charge in [0.1, 0.15) is 0 Å². The maximum absolute atomic E-state index is 12.5. The highest BCUT2D eigenvalue weighted by atomic mass is 16.2. The van der Waals surface area contributed by atoms with Gasteiger partial charge >= 0.3 is 0 Å². The molecule has 3 rings (SSSR count). The Balaban J connectivity index is 1.49. The van der Waals surface area contributed by atoms with E-state index in [0.717, 1.165) is 49.9 Å². The van der Waals surface area contributed by atoms with Crippen LogP contribution < -0.4 is 5.32 Å². The van der Waals surface area contributed by atoms with E-state index in [-0.39, 0.29) is 5.91 Å². The lowest BCUT2D eigenvalue weighted by atomic mass is 10.1. The van der Waals surface area contributed by atoms with E-state index in [1.807, 2.05) is 0 Å². The Morgan fingerprint density at radius 1 is 1.17 bits per heavy atom. The number of carbonyl (C=O) groups is 1. The molecule has 4 nitrogen and oxygen atoms in total. The van der Waals surface area contributed by atoms with Crippen molar-refractivity contribution < 1.29 is 4.79 Å². The number of benzene rings is 1. The SMILES string of the molecule is CCc1cccc(C)c1NC(=O)CN1CCN(C2CCCC2)CC1. The molecule has 1 saturated carbocycles. The molecule has 4 heteroatoms. The van der Waals surface area contributed by atoms with Crippen LogP contribution in [0.4, 0.5) is 5.69 Å². The van der Waals surface area contributed by atoms with E-state index in [0.29, 0.717) is 6.54 Å². The molecule has 0 spiro atoms. The van der Waals surface area contributed by atoms with Gasteiger partial charge in [-0.15, -0.1) is 0 Å². The van der Waals surface area contributed by atoms with Crippen molar-refractivity contribution in [3.05, 3.63) is 29.3 Å². The third-order valence-corrected chi connectivity index (χ3v) is 5.62. The van der Waals surface area contributed by atoms with Gasteiger partial charge in [0.2, 0.25) is 5.91 Å². The van der Waals surface area contributed by atoms with Crippen LogP contribution in [-0.4, -0.2) is 54.5 Å². The minimum atomic E-state index is 0.119. The molecule has 1 aliphatic carbocycles. The predicted octanol–water partition coefficient (Wildman–Crippen LogP) is 3.06. The molecule has 0 bridgehead atoms. The lowest BCUT2D eigenvalue weighted by Gasteiger charge is -2.37. The summed E-state index contributed by atoms with van der Waals surface area (Å²) in [6, 6.07) is 7.03. The van der Waals surface area contributed by atoms with E-state index in [4.69, 9.17) is 0 Å². The Hall–Kier alpha value is -1.39. The van der Waals surface area contributed by atoms with Crippen LogP contribution in [0.15, 0.2) is 18.2 Å². The van der Waals surface area contributed by atoms with Gasteiger partial charge in [0.05, 0.1) is 6.54 Å². The molecule has 1 amide bonds. The third kappa shape index (κ3) is 4.17. The lowest BCUT2D eigenvalue weighted by molar-refractivity contribution is -0.117. The molecule has 0 unspecified atom stereocenters. The first kappa shape index (κ1) is 17.4. The van der Waals surface area contributed by atoms with Gasteiger partial charge in [-0.1, -0.05) is 38.0 Å². The Kier molecular flexibility index (Phi) is 5.90. The molecule has 24 heavy (non-hydrogen) atoms. The Bertz CT molecular complexity index is 558. The number of piperazine rings is 1. The van der Waals surface area contributed by atoms with Crippen molar-refractivity contribution in [2.45, 2.75) is 52.0 Å². The second-order valence-electron chi connectivity index (χ2n) is 7.26. The first-order chi connectivity index (χ1) is 11.7. The number of anilines is 1. The molecule has 132 valence electrons. The van der Waals surface area contributed by atoms with Gasteiger partial charge in [0.25, 0.3) is 0 Å². The third-order valence-electron chi connectivity index (χ3n) is 5.62. The van der Waals surface area contributed by atoms with Crippen LogP contribution in [0.25, 0.3) is 0 Å². The molecular weight excluding hydrogens is 298 g/mol. The number of carbonyl (C=O) groups excluding carboxylic acids is 1. The number of aryl methyl sites for hydroxylation is 2. The largest absolute Gasteiger partial charge is 0.324 e. The van der Waals surface area contributed by atoms with Crippen LogP contribution in [-0.2, 0) is 11.2 Å². The summed E-state index contributed by atoms with van der Waals surface area (Å²) in [5, 5.41) is 3.15. The zero-order valence-electron chi connectivity index (χ0n) is 15.2. The van der Waals surface area contributed by atoms with Gasteiger partial charge in [0.15, 0.2) is 0 Å². The van der Waals surface area contributed by atoms with Gasteiger partial charge in [-0.05, 0) is 37.3 Å². The summed E-state index contributed by atoms with van der Waals surface area (Å²) in [5.41, 5.74) is 3.37. The van der Waals surface area contributed by atoms with Gasteiger partial charge in [-0.25, -0.2) is 0 Å². The fourth-order valence-corrected chi connectivity index (χ4v) is 4.14. The first-order valence-electron chi connectivity index (χ1n) is 9.52. The molecule has 0 radical (unpaired) electrons. The number of nitrogens with one attached hydrogen (secondary N) is 1. The summed E-state index contributed by atoms with van der Waals surface area (Å²) >= 11 is 0. The van der Waals surface area contributed by atoms with E-state index in [2.05, 4.69) is 47.2 Å². The van der Waals surface area contributed by atoms with Crippen molar-refractivity contribution in [1.29, 1.82) is 0 Å². The maximum atomic E-state index is 12.5. The summed E-state index contributed by atoms with van der Waals surface area (Å²) in [5.74, 6) is 0.119. The molecule has 0 aromatic heterocycles. The van der Waals surface area contributed by atoms with Crippen LogP contribution in [0.3, 0.4) is 0 Å². The first-order valence-corrected chi connectivity index (χ1v) is 9.52. The van der Waals surface area contributed by atoms with Crippen molar-refractivity contribution in [3.8, 4) is 0 Å². The maximum Gasteiger partial charge on any atom is 0.238 e. The van der Waals surface area contributed by atoms with E-state index >= 15 is 0 Å². The molecule has 1 aromatic carbocycles. The van der Waals surface area contributed by atoms with Gasteiger partial charge in [0, 0.05) is 37.9 Å². The van der Waals surface area contributed by atoms with Gasteiger partial charge < -0.3 is 5.32 Å². The standard InChI is InChI=1S/C20H31N3O/c1-3-17-8-6-7-16(2)20(17)21-19(24)15-22-11-13-23(14-12-22)18-9-4-5-10-18/h6-8,18H,3-5,9-15H2,1-2H3,(H,21,24). The highest BCUT2D eigenvalue weighted by Gasteiger charge is 2.26. The van der Waals surface area contributed by atoms with Crippen LogP contribution >= 0.6 is 0 Å². The summed E-state index contributed by atoms with van der Waals surface area (Å²) in [6.07, 6.45) is 6.46. The highest BCUT2D eigenvalue weighted by Crippen LogP contribution is 2.24. The van der Waals surface area contributed by atoms with Crippen LogP contribution in [0, 0.1) is 6.92 Å². The molecule has 1 aliphatic heterocycles. The number of rotatable bonds is 5. The van der Waals surface area contributed by atoms with E-state index in [1.54, 1.807) is 0 Å². The minimum Gasteiger partial charge on any atom is -0.324 e. The number of amides is 1. The van der Waals surface area contributed by atoms with Crippen molar-refractivity contribution in [1.82, 2.24) is 9.80 Å². The Morgan fingerprint density at radius 3 is 2.54 bits per heavy atom. The Morgan fingerprint density at radius 2 is 1.88 bits per heavy atom. The summed E-state index contributed by atoms with van der Waals surface area (Å²) < 4.78 is 0. The quantitative estimate of drug-likeness (QED) is 0.902. The van der Waals surface area contributed by atoms with Crippen molar-refractivity contribution >= 4 is 11.6 Å². The summed E-state index contributed by atoms with van der Waals surface area (Å²) in [4.78, 5) is 17.4. The summed E-state index contributed by atoms with van der Waals surface area (Å²) in [6.45, 7) is 8.96. The van der Waals surface area contributed by atoms with Gasteiger partial charge in [-0.2, -0.15) is 0 Å². The predicted molar refractivity (Wildman–Crippen MR) is 99.5 cm³/mol. The topological polar surface area (TPSA) is 35.6 Å². The zero-order chi connectivity index (χ0) is 16.9. The van der Waals surface area contributed by atoms with Crippen molar-refractivity contribution in [2.24, 2.45) is 0 Å². The fourth-order valence-electron chi connectivity index (χ4n) is 4.14. The molecule has 2 fully saturated rings. The van der Waals surface area contributed by atoms with Crippen molar-refractivity contribution in [2.75, 3.05) is 38.0 Å². The fraction of sp³-hybridized carbons (Fsp3) is 0.650. The molecule has 1 N–H and O–H groups in total. The van der Waals surface area contributed by atoms with Gasteiger partial charge in [-0.3, -0.25) is 14.6 Å². The number of para-hydroxylation sites is 1. The smallest absolute Gasteiger partial charge is 0.238 e. The minimum absolute atomic E-state index is 0.119. The number of hydrogen-bond acceptors (Lipinski definition) is 3. The van der Waals surface area contributed by atoms with E-state index in [1.165, 1.54) is 31.2 Å². The normalized spacial score (nSPS) is 20.4. The average molecular weight is 329 g/mol. The average Bonchev–Trinajstić information content (AvgIpc) is 3.12. The number of nitrogens with zero attached hydrogens (tertiary/aromatic N) is 2. The van der Waals surface area contributed by atoms with Crippen LogP contribution in [0.2, 0.25) is 0 Å².